The third-order valence-electron chi connectivity index (χ3n) is 3.82. The zero-order chi connectivity index (χ0) is 18.4. The van der Waals surface area contributed by atoms with E-state index in [1.54, 1.807) is 6.07 Å². The van der Waals surface area contributed by atoms with Crippen molar-refractivity contribution < 1.29 is 18.0 Å². The molecule has 0 spiro atoms. The fourth-order valence-corrected chi connectivity index (χ4v) is 4.64. The minimum Gasteiger partial charge on any atom is -0.324 e. The maximum atomic E-state index is 12.8. The molecule has 2 amide bonds. The highest BCUT2D eigenvalue weighted by Gasteiger charge is 2.47. The second-order valence-electron chi connectivity index (χ2n) is 5.41. The molecule has 0 saturated heterocycles. The summed E-state index contributed by atoms with van der Waals surface area (Å²) in [5.41, 5.74) is 0.481. The van der Waals surface area contributed by atoms with Gasteiger partial charge in [-0.2, -0.15) is 0 Å². The number of sulfone groups is 1. The highest BCUT2D eigenvalue weighted by atomic mass is 35.5. The summed E-state index contributed by atoms with van der Waals surface area (Å²) in [5, 5.41) is 1.02. The van der Waals surface area contributed by atoms with Gasteiger partial charge in [0.2, 0.25) is 15.1 Å². The summed E-state index contributed by atoms with van der Waals surface area (Å²) in [6.07, 6.45) is 0. The molecule has 25 heavy (non-hydrogen) atoms. The van der Waals surface area contributed by atoms with Crippen molar-refractivity contribution in [3.63, 3.8) is 0 Å². The molecule has 9 heteroatoms. The summed E-state index contributed by atoms with van der Waals surface area (Å²) in [5.74, 6) is -1.78. The van der Waals surface area contributed by atoms with Crippen molar-refractivity contribution >= 4 is 56.2 Å². The van der Waals surface area contributed by atoms with E-state index in [9.17, 15) is 18.0 Å². The van der Waals surface area contributed by atoms with Gasteiger partial charge in [-0.15, -0.1) is 0 Å². The lowest BCUT2D eigenvalue weighted by Gasteiger charge is -2.30. The van der Waals surface area contributed by atoms with Crippen molar-refractivity contribution in [2.45, 2.75) is 10.1 Å². The Balaban J connectivity index is 2.00. The summed E-state index contributed by atoms with van der Waals surface area (Å²) in [7, 11) is -2.74. The lowest BCUT2D eigenvalue weighted by molar-refractivity contribution is -0.124. The van der Waals surface area contributed by atoms with Gasteiger partial charge >= 0.3 is 0 Å². The third-order valence-corrected chi connectivity index (χ3v) is 6.56. The monoisotopic (exact) mass is 398 g/mol. The van der Waals surface area contributed by atoms with E-state index in [1.165, 1.54) is 43.4 Å². The number of hydrogen-bond acceptors (Lipinski definition) is 4. The van der Waals surface area contributed by atoms with E-state index < -0.39 is 26.9 Å². The lowest BCUT2D eigenvalue weighted by atomic mass is 10.2. The van der Waals surface area contributed by atoms with Gasteiger partial charge in [0.25, 0.3) is 11.8 Å². The van der Waals surface area contributed by atoms with Crippen molar-refractivity contribution in [3.8, 4) is 0 Å². The molecule has 1 N–H and O–H groups in total. The summed E-state index contributed by atoms with van der Waals surface area (Å²) < 4.78 is 25.5. The number of nitrogens with one attached hydrogen (secondary N) is 1. The molecule has 0 saturated carbocycles. The molecule has 0 radical (unpaired) electrons. The van der Waals surface area contributed by atoms with Crippen LogP contribution in [0.3, 0.4) is 0 Å². The number of halogens is 2. The van der Waals surface area contributed by atoms with E-state index in [0.29, 0.717) is 0 Å². The van der Waals surface area contributed by atoms with Crippen LogP contribution in [0, 0.1) is 0 Å². The highest BCUT2D eigenvalue weighted by Crippen LogP contribution is 2.34. The molecule has 1 aliphatic heterocycles. The molecule has 1 heterocycles. The fourth-order valence-electron chi connectivity index (χ4n) is 2.56. The summed E-state index contributed by atoms with van der Waals surface area (Å²) in [6, 6.07) is 10.3. The third kappa shape index (κ3) is 2.99. The summed E-state index contributed by atoms with van der Waals surface area (Å²) in [4.78, 5) is 26.1. The molecule has 1 atom stereocenters. The molecule has 2 aromatic rings. The predicted octanol–water partition coefficient (Wildman–Crippen LogP) is 2.75. The largest absolute Gasteiger partial charge is 0.324 e. The number of benzene rings is 2. The van der Waals surface area contributed by atoms with Gasteiger partial charge < -0.3 is 10.2 Å². The van der Waals surface area contributed by atoms with Gasteiger partial charge in [0.1, 0.15) is 0 Å². The average molecular weight is 399 g/mol. The first-order valence-corrected chi connectivity index (χ1v) is 9.40. The van der Waals surface area contributed by atoms with Crippen LogP contribution < -0.4 is 10.2 Å². The quantitative estimate of drug-likeness (QED) is 0.788. The lowest BCUT2D eigenvalue weighted by Crippen LogP contribution is -2.51. The molecular formula is C16H12Cl2N2O4S. The molecule has 1 unspecified atom stereocenters. The van der Waals surface area contributed by atoms with Crippen LogP contribution in [-0.4, -0.2) is 32.5 Å². The zero-order valence-electron chi connectivity index (χ0n) is 12.9. The summed E-state index contributed by atoms with van der Waals surface area (Å²) >= 11 is 11.7. The Labute approximate surface area is 154 Å². The molecule has 0 aliphatic carbocycles. The van der Waals surface area contributed by atoms with Gasteiger partial charge in [0, 0.05) is 12.7 Å². The van der Waals surface area contributed by atoms with Crippen LogP contribution in [-0.2, 0) is 19.4 Å². The SMILES string of the molecule is CN1C(=O)C(C(=O)Nc2ccc(Cl)c(Cl)c2)S(=O)(=O)c2ccccc21. The number of para-hydroxylation sites is 1. The van der Waals surface area contributed by atoms with E-state index in [4.69, 9.17) is 23.2 Å². The van der Waals surface area contributed by atoms with Crippen molar-refractivity contribution in [1.29, 1.82) is 0 Å². The van der Waals surface area contributed by atoms with Crippen LogP contribution in [0.4, 0.5) is 11.4 Å². The van der Waals surface area contributed by atoms with Crippen LogP contribution in [0.25, 0.3) is 0 Å². The Kier molecular flexibility index (Phi) is 4.49. The average Bonchev–Trinajstić information content (AvgIpc) is 2.56. The standard InChI is InChI=1S/C16H12Cl2N2O4S/c1-20-12-4-2-3-5-13(12)25(23,24)14(16(20)22)15(21)19-9-6-7-10(17)11(18)8-9/h2-8,14H,1H3,(H,19,21). The van der Waals surface area contributed by atoms with Crippen molar-refractivity contribution in [1.82, 2.24) is 0 Å². The number of rotatable bonds is 2. The number of amides is 2. The predicted molar refractivity (Wildman–Crippen MR) is 95.9 cm³/mol. The Morgan fingerprint density at radius 3 is 2.48 bits per heavy atom. The molecular weight excluding hydrogens is 387 g/mol. The Morgan fingerprint density at radius 1 is 1.12 bits per heavy atom. The highest BCUT2D eigenvalue weighted by molar-refractivity contribution is 7.94. The van der Waals surface area contributed by atoms with Crippen LogP contribution in [0.1, 0.15) is 0 Å². The van der Waals surface area contributed by atoms with E-state index in [2.05, 4.69) is 5.32 Å². The summed E-state index contributed by atoms with van der Waals surface area (Å²) in [6.45, 7) is 0. The van der Waals surface area contributed by atoms with E-state index in [0.717, 1.165) is 4.90 Å². The van der Waals surface area contributed by atoms with Gasteiger partial charge in [0.05, 0.1) is 20.6 Å². The van der Waals surface area contributed by atoms with Gasteiger partial charge in [-0.1, -0.05) is 35.3 Å². The minimum absolute atomic E-state index is 0.0635. The van der Waals surface area contributed by atoms with Crippen LogP contribution in [0.15, 0.2) is 47.4 Å². The van der Waals surface area contributed by atoms with E-state index in [-0.39, 0.29) is 26.3 Å². The van der Waals surface area contributed by atoms with Crippen molar-refractivity contribution in [2.75, 3.05) is 17.3 Å². The molecule has 1 aliphatic rings. The topological polar surface area (TPSA) is 83.6 Å². The number of carbonyl (C=O) groups is 2. The fraction of sp³-hybridized carbons (Fsp3) is 0.125. The first kappa shape index (κ1) is 17.7. The van der Waals surface area contributed by atoms with Crippen LogP contribution in [0.5, 0.6) is 0 Å². The number of hydrogen-bond donors (Lipinski definition) is 1. The Hall–Kier alpha value is -2.09. The Bertz CT molecular complexity index is 991. The van der Waals surface area contributed by atoms with Gasteiger partial charge in [-0.3, -0.25) is 9.59 Å². The van der Waals surface area contributed by atoms with Crippen LogP contribution >= 0.6 is 23.2 Å². The van der Waals surface area contributed by atoms with Crippen LogP contribution in [0.2, 0.25) is 10.0 Å². The normalized spacial score (nSPS) is 18.6. The van der Waals surface area contributed by atoms with Crippen molar-refractivity contribution in [3.05, 3.63) is 52.5 Å². The maximum absolute atomic E-state index is 12.8. The number of nitrogens with zero attached hydrogens (tertiary/aromatic N) is 1. The number of anilines is 2. The Morgan fingerprint density at radius 2 is 1.80 bits per heavy atom. The second-order valence-corrected chi connectivity index (χ2v) is 8.22. The molecule has 0 fully saturated rings. The smallest absolute Gasteiger partial charge is 0.255 e. The molecule has 0 bridgehead atoms. The molecule has 6 nitrogen and oxygen atoms in total. The van der Waals surface area contributed by atoms with Crippen molar-refractivity contribution in [2.24, 2.45) is 0 Å². The molecule has 3 rings (SSSR count). The first-order valence-electron chi connectivity index (χ1n) is 7.10. The van der Waals surface area contributed by atoms with Gasteiger partial charge in [-0.05, 0) is 30.3 Å². The first-order chi connectivity index (χ1) is 11.7. The maximum Gasteiger partial charge on any atom is 0.255 e. The molecule has 0 aromatic heterocycles. The minimum atomic E-state index is -4.16. The molecule has 130 valence electrons. The van der Waals surface area contributed by atoms with E-state index >= 15 is 0 Å². The molecule has 2 aromatic carbocycles. The van der Waals surface area contributed by atoms with E-state index in [1.807, 2.05) is 0 Å². The second kappa shape index (κ2) is 6.33. The van der Waals surface area contributed by atoms with Gasteiger partial charge in [0.15, 0.2) is 0 Å². The number of carbonyl (C=O) groups excluding carboxylic acids is 2. The number of fused-ring (bicyclic) bond motifs is 1. The zero-order valence-corrected chi connectivity index (χ0v) is 15.2. The van der Waals surface area contributed by atoms with Gasteiger partial charge in [-0.25, -0.2) is 8.42 Å².